The lowest BCUT2D eigenvalue weighted by atomic mass is 9.96. The van der Waals surface area contributed by atoms with Gasteiger partial charge in [-0.1, -0.05) is 0 Å². The highest BCUT2D eigenvalue weighted by atomic mass is 32.1. The minimum absolute atomic E-state index is 0.0803. The summed E-state index contributed by atoms with van der Waals surface area (Å²) < 4.78 is 4.91. The number of amides is 2. The molecule has 0 saturated carbocycles. The average Bonchev–Trinajstić information content (AvgIpc) is 2.97. The van der Waals surface area contributed by atoms with E-state index >= 15 is 0 Å². The summed E-state index contributed by atoms with van der Waals surface area (Å²) in [5.41, 5.74) is 3.82. The van der Waals surface area contributed by atoms with Crippen molar-refractivity contribution < 1.29 is 19.1 Å². The Morgan fingerprint density at radius 2 is 2.08 bits per heavy atom. The Hall–Kier alpha value is -2.73. The first-order chi connectivity index (χ1) is 12.1. The predicted molar refractivity (Wildman–Crippen MR) is 90.1 cm³/mol. The van der Waals surface area contributed by atoms with E-state index in [9.17, 15) is 19.6 Å². The van der Waals surface area contributed by atoms with Crippen molar-refractivity contribution in [2.75, 3.05) is 11.9 Å². The van der Waals surface area contributed by atoms with E-state index in [1.165, 1.54) is 11.3 Å². The fraction of sp³-hybridized carbons (Fsp3) is 0.438. The summed E-state index contributed by atoms with van der Waals surface area (Å²) in [6, 6.07) is 2.16. The minimum Gasteiger partial charge on any atom is -0.451 e. The minimum atomic E-state index is -0.735. The molecule has 2 heterocycles. The second-order valence-electron chi connectivity index (χ2n) is 5.74. The molecule has 1 aromatic rings. The molecule has 0 bridgehead atoms. The molecule has 0 fully saturated rings. The van der Waals surface area contributed by atoms with Gasteiger partial charge >= 0.3 is 5.97 Å². The highest BCUT2D eigenvalue weighted by Gasteiger charge is 2.23. The Kier molecular flexibility index (Phi) is 5.09. The van der Waals surface area contributed by atoms with Gasteiger partial charge < -0.3 is 10.1 Å². The first-order valence-electron chi connectivity index (χ1n) is 7.95. The van der Waals surface area contributed by atoms with Crippen molar-refractivity contribution in [2.24, 2.45) is 5.10 Å². The van der Waals surface area contributed by atoms with Crippen molar-refractivity contribution in [3.05, 3.63) is 16.0 Å². The van der Waals surface area contributed by atoms with Crippen LogP contribution in [0.5, 0.6) is 0 Å². The van der Waals surface area contributed by atoms with Crippen LogP contribution < -0.4 is 10.7 Å². The molecule has 1 aliphatic carbocycles. The summed E-state index contributed by atoms with van der Waals surface area (Å²) in [5.74, 6) is -1.51. The molecule has 1 aliphatic heterocycles. The molecule has 8 nitrogen and oxygen atoms in total. The van der Waals surface area contributed by atoms with E-state index in [2.05, 4.69) is 21.9 Å². The number of hydrogen-bond donors (Lipinski definition) is 2. The number of rotatable bonds is 4. The zero-order chi connectivity index (χ0) is 17.8. The van der Waals surface area contributed by atoms with Gasteiger partial charge in [-0.2, -0.15) is 10.4 Å². The number of ether oxygens (including phenoxy) is 1. The molecule has 0 atom stereocenters. The first-order valence-corrected chi connectivity index (χ1v) is 8.77. The van der Waals surface area contributed by atoms with E-state index in [1.54, 1.807) is 0 Å². The van der Waals surface area contributed by atoms with Crippen molar-refractivity contribution in [1.82, 2.24) is 5.43 Å². The second-order valence-corrected chi connectivity index (χ2v) is 6.85. The lowest BCUT2D eigenvalue weighted by Crippen LogP contribution is -2.32. The number of hydrogen-bond acceptors (Lipinski definition) is 7. The quantitative estimate of drug-likeness (QED) is 0.783. The van der Waals surface area contributed by atoms with Crippen molar-refractivity contribution >= 4 is 39.8 Å². The number of anilines is 1. The van der Waals surface area contributed by atoms with Gasteiger partial charge in [0.05, 0.1) is 5.56 Å². The van der Waals surface area contributed by atoms with Crippen LogP contribution in [0.15, 0.2) is 5.10 Å². The van der Waals surface area contributed by atoms with Gasteiger partial charge in [-0.3, -0.25) is 9.59 Å². The van der Waals surface area contributed by atoms with Crippen LogP contribution in [0.2, 0.25) is 0 Å². The monoisotopic (exact) mass is 360 g/mol. The molecule has 0 unspecified atom stereocenters. The van der Waals surface area contributed by atoms with Crippen LogP contribution in [-0.2, 0) is 32.0 Å². The van der Waals surface area contributed by atoms with Gasteiger partial charge in [-0.05, 0) is 31.2 Å². The van der Waals surface area contributed by atoms with Crippen LogP contribution in [0.3, 0.4) is 0 Å². The number of nitrogens with zero attached hydrogens (tertiary/aromatic N) is 2. The number of hydrazone groups is 1. The van der Waals surface area contributed by atoms with Gasteiger partial charge in [-0.25, -0.2) is 10.2 Å². The maximum Gasteiger partial charge on any atom is 0.355 e. The number of carbonyl (C=O) groups excluding carboxylic acids is 3. The smallest absolute Gasteiger partial charge is 0.355 e. The maximum atomic E-state index is 12.0. The van der Waals surface area contributed by atoms with Gasteiger partial charge in [0.15, 0.2) is 6.61 Å². The maximum absolute atomic E-state index is 12.0. The number of thiophene rings is 1. The molecule has 1 aromatic heterocycles. The van der Waals surface area contributed by atoms with Gasteiger partial charge in [0.25, 0.3) is 5.91 Å². The van der Waals surface area contributed by atoms with E-state index in [4.69, 9.17) is 4.74 Å². The molecule has 0 spiro atoms. The summed E-state index contributed by atoms with van der Waals surface area (Å²) in [4.78, 5) is 36.0. The third-order valence-corrected chi connectivity index (χ3v) is 5.22. The van der Waals surface area contributed by atoms with Gasteiger partial charge in [0, 0.05) is 17.7 Å². The summed E-state index contributed by atoms with van der Waals surface area (Å²) in [6.45, 7) is -0.473. The fourth-order valence-electron chi connectivity index (χ4n) is 2.77. The van der Waals surface area contributed by atoms with Crippen molar-refractivity contribution in [3.63, 3.8) is 0 Å². The largest absolute Gasteiger partial charge is 0.451 e. The number of fused-ring (bicyclic) bond motifs is 1. The number of aryl methyl sites for hydroxylation is 1. The second kappa shape index (κ2) is 7.44. The van der Waals surface area contributed by atoms with Gasteiger partial charge in [-0.15, -0.1) is 11.3 Å². The van der Waals surface area contributed by atoms with E-state index in [0.29, 0.717) is 10.6 Å². The number of carbonyl (C=O) groups is 3. The van der Waals surface area contributed by atoms with Crippen molar-refractivity contribution in [1.29, 1.82) is 5.26 Å². The molecule has 0 saturated heterocycles. The van der Waals surface area contributed by atoms with Crippen molar-refractivity contribution in [2.45, 2.75) is 38.5 Å². The highest BCUT2D eigenvalue weighted by molar-refractivity contribution is 7.16. The van der Waals surface area contributed by atoms with Gasteiger partial charge in [0.1, 0.15) is 16.8 Å². The Balaban J connectivity index is 1.58. The number of nitrogens with one attached hydrogen (secondary N) is 2. The summed E-state index contributed by atoms with van der Waals surface area (Å²) in [6.07, 6.45) is 4.25. The fourth-order valence-corrected chi connectivity index (χ4v) is 4.03. The summed E-state index contributed by atoms with van der Waals surface area (Å²) in [5, 5.41) is 16.1. The van der Waals surface area contributed by atoms with E-state index in [1.807, 2.05) is 0 Å². The molecule has 3 rings (SSSR count). The van der Waals surface area contributed by atoms with E-state index in [0.717, 1.165) is 36.1 Å². The van der Waals surface area contributed by atoms with Crippen LogP contribution in [0.25, 0.3) is 0 Å². The summed E-state index contributed by atoms with van der Waals surface area (Å²) >= 11 is 1.41. The molecular formula is C16H16N4O4S. The third-order valence-electron chi connectivity index (χ3n) is 4.01. The normalized spacial score (nSPS) is 16.1. The Morgan fingerprint density at radius 1 is 1.28 bits per heavy atom. The SMILES string of the molecule is N#Cc1c(NC(=O)COC(=O)C2=NNC(=O)CC2)sc2c1CCCC2. The van der Waals surface area contributed by atoms with Crippen LogP contribution in [0.4, 0.5) is 5.00 Å². The zero-order valence-electron chi connectivity index (χ0n) is 13.4. The lowest BCUT2D eigenvalue weighted by Gasteiger charge is -2.11. The van der Waals surface area contributed by atoms with Crippen molar-refractivity contribution in [3.8, 4) is 6.07 Å². The molecular weight excluding hydrogens is 344 g/mol. The Labute approximate surface area is 147 Å². The predicted octanol–water partition coefficient (Wildman–Crippen LogP) is 1.25. The standard InChI is InChI=1S/C16H16N4O4S/c17-7-10-9-3-1-2-4-12(9)25-15(10)18-14(22)8-24-16(23)11-5-6-13(21)20-19-11/h1-6,8H2,(H,18,22)(H,20,21). The molecule has 2 aliphatic rings. The zero-order valence-corrected chi connectivity index (χ0v) is 14.2. The molecule has 130 valence electrons. The summed E-state index contributed by atoms with van der Waals surface area (Å²) in [7, 11) is 0. The highest BCUT2D eigenvalue weighted by Crippen LogP contribution is 2.37. The van der Waals surface area contributed by atoms with Crippen LogP contribution in [0, 0.1) is 11.3 Å². The Morgan fingerprint density at radius 3 is 2.80 bits per heavy atom. The lowest BCUT2D eigenvalue weighted by molar-refractivity contribution is -0.140. The molecule has 9 heteroatoms. The first kappa shape index (κ1) is 17.1. The van der Waals surface area contributed by atoms with Crippen LogP contribution in [0.1, 0.15) is 41.7 Å². The number of nitriles is 1. The van der Waals surface area contributed by atoms with Gasteiger partial charge in [0.2, 0.25) is 5.91 Å². The molecule has 25 heavy (non-hydrogen) atoms. The molecule has 2 N–H and O–H groups in total. The number of esters is 1. The molecule has 0 aromatic carbocycles. The van der Waals surface area contributed by atoms with Crippen LogP contribution in [-0.4, -0.2) is 30.1 Å². The van der Waals surface area contributed by atoms with Crippen LogP contribution >= 0.6 is 11.3 Å². The van der Waals surface area contributed by atoms with E-state index in [-0.39, 0.29) is 24.5 Å². The topological polar surface area (TPSA) is 121 Å². The average molecular weight is 360 g/mol. The molecule has 2 amide bonds. The third kappa shape index (κ3) is 3.85. The molecule has 0 radical (unpaired) electrons. The van der Waals surface area contributed by atoms with E-state index < -0.39 is 18.5 Å². The Bertz CT molecular complexity index is 806.